The molecule has 0 saturated heterocycles. The molecule has 142 valence electrons. The molecule has 0 aliphatic rings. The first-order chi connectivity index (χ1) is 12.2. The molecule has 0 aromatic carbocycles. The molecule has 5 nitrogen and oxygen atoms in total. The topological polar surface area (TPSA) is 57.1 Å². The Morgan fingerprint density at radius 1 is 0.808 bits per heavy atom. The highest BCUT2D eigenvalue weighted by Crippen LogP contribution is 2.26. The molecule has 0 unspecified atom stereocenters. The van der Waals surface area contributed by atoms with Gasteiger partial charge in [0.2, 0.25) is 11.8 Å². The van der Waals surface area contributed by atoms with Crippen molar-refractivity contribution in [3.05, 3.63) is 42.5 Å². The Hall–Kier alpha value is -2.17. The molecule has 0 aliphatic heterocycles. The zero-order valence-corrected chi connectivity index (χ0v) is 16.7. The van der Waals surface area contributed by atoms with Crippen LogP contribution in [0.5, 0.6) is 11.8 Å². The van der Waals surface area contributed by atoms with Crippen LogP contribution in [0.2, 0.25) is 0 Å². The standard InChI is InChI=1S/C21H31N3O2/c1-20(2,3)8-12-25-18-7-6-17(15-24-18)14-21(4,5)9-13-26-19-16-22-10-11-23-19/h6-7,10-11,15-16H,8-9,12-14H2,1-5H3. The van der Waals surface area contributed by atoms with Crippen LogP contribution in [0.25, 0.3) is 0 Å². The third-order valence-electron chi connectivity index (χ3n) is 4.15. The van der Waals surface area contributed by atoms with Crippen LogP contribution in [-0.2, 0) is 6.42 Å². The lowest BCUT2D eigenvalue weighted by atomic mass is 9.83. The van der Waals surface area contributed by atoms with Crippen molar-refractivity contribution in [3.63, 3.8) is 0 Å². The Bertz CT molecular complexity index is 649. The van der Waals surface area contributed by atoms with Crippen LogP contribution in [0.15, 0.2) is 36.9 Å². The Balaban J connectivity index is 1.77. The van der Waals surface area contributed by atoms with Gasteiger partial charge in [-0.1, -0.05) is 40.7 Å². The average Bonchev–Trinajstić information content (AvgIpc) is 2.56. The number of ether oxygens (including phenoxy) is 2. The molecule has 0 radical (unpaired) electrons. The van der Waals surface area contributed by atoms with Gasteiger partial charge in [0.1, 0.15) is 0 Å². The van der Waals surface area contributed by atoms with Gasteiger partial charge in [0.25, 0.3) is 0 Å². The number of nitrogens with zero attached hydrogens (tertiary/aromatic N) is 3. The molecule has 0 atom stereocenters. The maximum Gasteiger partial charge on any atom is 0.232 e. The summed E-state index contributed by atoms with van der Waals surface area (Å²) < 4.78 is 11.4. The van der Waals surface area contributed by atoms with E-state index in [9.17, 15) is 0 Å². The maximum atomic E-state index is 5.74. The van der Waals surface area contributed by atoms with Crippen LogP contribution in [-0.4, -0.2) is 28.2 Å². The maximum absolute atomic E-state index is 5.74. The molecule has 0 saturated carbocycles. The van der Waals surface area contributed by atoms with Crippen LogP contribution < -0.4 is 9.47 Å². The Labute approximate surface area is 157 Å². The van der Waals surface area contributed by atoms with E-state index in [0.29, 0.717) is 25.0 Å². The van der Waals surface area contributed by atoms with Crippen LogP contribution in [0.1, 0.15) is 53.0 Å². The van der Waals surface area contributed by atoms with Gasteiger partial charge < -0.3 is 9.47 Å². The quantitative estimate of drug-likeness (QED) is 0.650. The smallest absolute Gasteiger partial charge is 0.232 e. The number of pyridine rings is 1. The molecular weight excluding hydrogens is 326 g/mol. The first-order valence-corrected chi connectivity index (χ1v) is 9.20. The summed E-state index contributed by atoms with van der Waals surface area (Å²) in [5.41, 5.74) is 1.59. The van der Waals surface area contributed by atoms with E-state index in [4.69, 9.17) is 9.47 Å². The first kappa shape index (κ1) is 20.1. The zero-order chi connectivity index (χ0) is 19.0. The summed E-state index contributed by atoms with van der Waals surface area (Å²) in [5.74, 6) is 1.27. The molecule has 5 heteroatoms. The van der Waals surface area contributed by atoms with Crippen LogP contribution in [0.3, 0.4) is 0 Å². The molecule has 26 heavy (non-hydrogen) atoms. The highest BCUT2D eigenvalue weighted by molar-refractivity contribution is 5.19. The van der Waals surface area contributed by atoms with Gasteiger partial charge in [-0.3, -0.25) is 4.98 Å². The minimum Gasteiger partial charge on any atom is -0.478 e. The van der Waals surface area contributed by atoms with E-state index in [1.165, 1.54) is 5.56 Å². The predicted molar refractivity (Wildman–Crippen MR) is 103 cm³/mol. The van der Waals surface area contributed by atoms with Crippen molar-refractivity contribution in [2.45, 2.75) is 53.9 Å². The number of rotatable bonds is 9. The summed E-state index contributed by atoms with van der Waals surface area (Å²) in [6.45, 7) is 12.4. The largest absolute Gasteiger partial charge is 0.478 e. The minimum atomic E-state index is 0.110. The van der Waals surface area contributed by atoms with Crippen molar-refractivity contribution in [1.82, 2.24) is 15.0 Å². The van der Waals surface area contributed by atoms with E-state index in [0.717, 1.165) is 19.3 Å². The monoisotopic (exact) mass is 357 g/mol. The van der Waals surface area contributed by atoms with Gasteiger partial charge in [-0.15, -0.1) is 0 Å². The molecule has 2 heterocycles. The Kier molecular flexibility index (Phi) is 6.95. The normalized spacial score (nSPS) is 12.0. The molecule has 2 aromatic heterocycles. The molecule has 2 aromatic rings. The van der Waals surface area contributed by atoms with Gasteiger partial charge in [0, 0.05) is 24.7 Å². The van der Waals surface area contributed by atoms with E-state index < -0.39 is 0 Å². The molecule has 0 amide bonds. The lowest BCUT2D eigenvalue weighted by Crippen LogP contribution is -2.19. The fourth-order valence-electron chi connectivity index (χ4n) is 2.50. The van der Waals surface area contributed by atoms with Gasteiger partial charge >= 0.3 is 0 Å². The van der Waals surface area contributed by atoms with Crippen molar-refractivity contribution in [2.24, 2.45) is 10.8 Å². The van der Waals surface area contributed by atoms with Crippen LogP contribution in [0, 0.1) is 10.8 Å². The fourth-order valence-corrected chi connectivity index (χ4v) is 2.50. The summed E-state index contributed by atoms with van der Waals surface area (Å²) in [6, 6.07) is 4.06. The van der Waals surface area contributed by atoms with Crippen LogP contribution >= 0.6 is 0 Å². The molecule has 2 rings (SSSR count). The van der Waals surface area contributed by atoms with E-state index in [-0.39, 0.29) is 10.8 Å². The number of aromatic nitrogens is 3. The van der Waals surface area contributed by atoms with E-state index in [2.05, 4.69) is 55.6 Å². The Morgan fingerprint density at radius 3 is 2.15 bits per heavy atom. The van der Waals surface area contributed by atoms with E-state index in [1.54, 1.807) is 18.6 Å². The van der Waals surface area contributed by atoms with Crippen molar-refractivity contribution < 1.29 is 9.47 Å². The third-order valence-corrected chi connectivity index (χ3v) is 4.15. The molecule has 0 fully saturated rings. The second-order valence-electron chi connectivity index (χ2n) is 8.65. The van der Waals surface area contributed by atoms with Crippen molar-refractivity contribution in [2.75, 3.05) is 13.2 Å². The second kappa shape index (κ2) is 8.97. The second-order valence-corrected chi connectivity index (χ2v) is 8.65. The first-order valence-electron chi connectivity index (χ1n) is 9.20. The highest BCUT2D eigenvalue weighted by atomic mass is 16.5. The van der Waals surface area contributed by atoms with E-state index >= 15 is 0 Å². The molecule has 0 spiro atoms. The van der Waals surface area contributed by atoms with Crippen molar-refractivity contribution in [3.8, 4) is 11.8 Å². The minimum absolute atomic E-state index is 0.110. The summed E-state index contributed by atoms with van der Waals surface area (Å²) in [6.07, 6.45) is 9.69. The summed E-state index contributed by atoms with van der Waals surface area (Å²) in [5, 5.41) is 0. The van der Waals surface area contributed by atoms with E-state index in [1.807, 2.05) is 12.3 Å². The third kappa shape index (κ3) is 7.81. The van der Waals surface area contributed by atoms with Gasteiger partial charge in [-0.05, 0) is 35.7 Å². The summed E-state index contributed by atoms with van der Waals surface area (Å²) in [7, 11) is 0. The average molecular weight is 357 g/mol. The van der Waals surface area contributed by atoms with Crippen molar-refractivity contribution >= 4 is 0 Å². The summed E-state index contributed by atoms with van der Waals surface area (Å²) >= 11 is 0. The molecule has 0 aliphatic carbocycles. The predicted octanol–water partition coefficient (Wildman–Crippen LogP) is 4.72. The number of hydrogen-bond donors (Lipinski definition) is 0. The van der Waals surface area contributed by atoms with Crippen LogP contribution in [0.4, 0.5) is 0 Å². The van der Waals surface area contributed by atoms with Gasteiger partial charge in [-0.2, -0.15) is 0 Å². The highest BCUT2D eigenvalue weighted by Gasteiger charge is 2.19. The lowest BCUT2D eigenvalue weighted by molar-refractivity contribution is 0.220. The fraction of sp³-hybridized carbons (Fsp3) is 0.571. The molecular formula is C21H31N3O2. The Morgan fingerprint density at radius 2 is 1.54 bits per heavy atom. The molecule has 0 bridgehead atoms. The van der Waals surface area contributed by atoms with Gasteiger partial charge in [-0.25, -0.2) is 9.97 Å². The van der Waals surface area contributed by atoms with Gasteiger partial charge in [0.15, 0.2) is 0 Å². The number of hydrogen-bond acceptors (Lipinski definition) is 5. The SMILES string of the molecule is CC(C)(C)CCOc1ccc(CC(C)(C)CCOc2cnccn2)cn1. The lowest BCUT2D eigenvalue weighted by Gasteiger charge is -2.24. The van der Waals surface area contributed by atoms with Gasteiger partial charge in [0.05, 0.1) is 19.4 Å². The zero-order valence-electron chi connectivity index (χ0n) is 16.7. The van der Waals surface area contributed by atoms with Crippen molar-refractivity contribution in [1.29, 1.82) is 0 Å². The molecule has 0 N–H and O–H groups in total. The summed E-state index contributed by atoms with van der Waals surface area (Å²) in [4.78, 5) is 12.6.